The third-order valence-electron chi connectivity index (χ3n) is 11.1. The van der Waals surface area contributed by atoms with E-state index in [2.05, 4.69) is 10.6 Å². The minimum Gasteiger partial charge on any atom is -0.494 e. The number of nitrogens with one attached hydrogen (secondary N) is 2. The first-order valence-corrected chi connectivity index (χ1v) is 18.7. The van der Waals surface area contributed by atoms with E-state index in [0.717, 1.165) is 42.4 Å². The van der Waals surface area contributed by atoms with Crippen LogP contribution in [0.1, 0.15) is 87.9 Å². The van der Waals surface area contributed by atoms with Gasteiger partial charge in [-0.05, 0) is 67.1 Å². The van der Waals surface area contributed by atoms with Gasteiger partial charge in [-0.25, -0.2) is 8.78 Å². The van der Waals surface area contributed by atoms with E-state index in [1.807, 2.05) is 49.4 Å². The summed E-state index contributed by atoms with van der Waals surface area (Å²) in [4.78, 5) is 51.5. The van der Waals surface area contributed by atoms with Crippen LogP contribution in [0.5, 0.6) is 11.5 Å². The number of carbonyl (C=O) groups excluding carboxylic acids is 4. The van der Waals surface area contributed by atoms with Crippen molar-refractivity contribution in [1.29, 1.82) is 0 Å². The van der Waals surface area contributed by atoms with E-state index < -0.39 is 41.0 Å². The topological polar surface area (TPSA) is 140 Å². The lowest BCUT2D eigenvalue weighted by molar-refractivity contribution is -0.136. The molecule has 7 rings (SSSR count). The number of nitrogens with two attached hydrogens (primary N) is 1. The van der Waals surface area contributed by atoms with E-state index in [9.17, 15) is 19.2 Å². The molecule has 4 aromatic rings. The number of unbranched alkanes of at least 4 members (excludes halogenated alkanes) is 2. The van der Waals surface area contributed by atoms with Gasteiger partial charge in [0.2, 0.25) is 17.7 Å². The number of piperidine rings is 1. The number of nitrogens with zero attached hydrogens (tertiary/aromatic N) is 1. The van der Waals surface area contributed by atoms with Crippen molar-refractivity contribution in [3.8, 4) is 22.6 Å². The molecule has 4 N–H and O–H groups in total. The Morgan fingerprint density at radius 2 is 1.84 bits per heavy atom. The maximum atomic E-state index is 16.1. The molecule has 0 aromatic heterocycles. The van der Waals surface area contributed by atoms with E-state index >= 15 is 8.78 Å². The average molecular weight is 771 g/mol. The minimum absolute atomic E-state index is 0.0125. The van der Waals surface area contributed by atoms with Crippen LogP contribution in [0.2, 0.25) is 5.02 Å². The number of halogens is 3. The highest BCUT2D eigenvalue weighted by atomic mass is 35.5. The number of ether oxygens (including phenoxy) is 2. The second-order valence-electron chi connectivity index (χ2n) is 14.2. The summed E-state index contributed by atoms with van der Waals surface area (Å²) in [5.41, 5.74) is 8.05. The summed E-state index contributed by atoms with van der Waals surface area (Å²) in [5, 5.41) is 5.53. The van der Waals surface area contributed by atoms with Crippen molar-refractivity contribution < 1.29 is 37.4 Å². The normalized spacial score (nSPS) is 20.2. The molecule has 13 heteroatoms. The average Bonchev–Trinajstić information content (AvgIpc) is 3.65. The Morgan fingerprint density at radius 1 is 1.05 bits per heavy atom. The van der Waals surface area contributed by atoms with E-state index in [-0.39, 0.29) is 51.4 Å². The highest BCUT2D eigenvalue weighted by Crippen LogP contribution is 2.56. The Kier molecular flexibility index (Phi) is 10.6. The van der Waals surface area contributed by atoms with Crippen LogP contribution in [0.15, 0.2) is 66.7 Å². The van der Waals surface area contributed by atoms with Crippen molar-refractivity contribution >= 4 is 35.2 Å². The summed E-state index contributed by atoms with van der Waals surface area (Å²) in [6.07, 6.45) is 3.85. The zero-order valence-corrected chi connectivity index (χ0v) is 31.2. The fraction of sp³-hybridized carbons (Fsp3) is 0.333. The van der Waals surface area contributed by atoms with E-state index in [0.29, 0.717) is 37.2 Å². The van der Waals surface area contributed by atoms with Crippen LogP contribution in [0, 0.1) is 11.6 Å². The lowest BCUT2D eigenvalue weighted by Gasteiger charge is -2.34. The molecule has 55 heavy (non-hydrogen) atoms. The number of carbonyl (C=O) groups is 4. The summed E-state index contributed by atoms with van der Waals surface area (Å²) in [5.74, 6) is -4.06. The fourth-order valence-corrected chi connectivity index (χ4v) is 8.53. The van der Waals surface area contributed by atoms with Gasteiger partial charge in [-0.3, -0.25) is 24.5 Å². The van der Waals surface area contributed by atoms with E-state index in [1.165, 1.54) is 25.3 Å². The number of fused-ring (bicyclic) bond motifs is 2. The van der Waals surface area contributed by atoms with Crippen LogP contribution < -0.4 is 25.8 Å². The highest BCUT2D eigenvalue weighted by molar-refractivity contribution is 6.34. The predicted octanol–water partition coefficient (Wildman–Crippen LogP) is 6.55. The Morgan fingerprint density at radius 3 is 2.56 bits per heavy atom. The van der Waals surface area contributed by atoms with Gasteiger partial charge in [0.1, 0.15) is 17.6 Å². The molecule has 286 valence electrons. The molecular formula is C42H41ClF2N4O6. The smallest absolute Gasteiger partial charge is 0.255 e. The van der Waals surface area contributed by atoms with Gasteiger partial charge in [0.05, 0.1) is 17.7 Å². The van der Waals surface area contributed by atoms with Crippen LogP contribution in [0.25, 0.3) is 11.1 Å². The molecule has 0 bridgehead atoms. The number of amides is 4. The summed E-state index contributed by atoms with van der Waals surface area (Å²) in [7, 11) is 1.29. The van der Waals surface area contributed by atoms with Crippen LogP contribution in [0.3, 0.4) is 0 Å². The van der Waals surface area contributed by atoms with Crippen molar-refractivity contribution in [2.75, 3.05) is 20.2 Å². The Labute approximate surface area is 322 Å². The molecule has 10 nitrogen and oxygen atoms in total. The van der Waals surface area contributed by atoms with Gasteiger partial charge in [-0.2, -0.15) is 0 Å². The molecule has 0 spiro atoms. The molecule has 0 radical (unpaired) electrons. The van der Waals surface area contributed by atoms with E-state index in [4.69, 9.17) is 26.8 Å². The molecule has 3 aliphatic rings. The van der Waals surface area contributed by atoms with Gasteiger partial charge in [0, 0.05) is 53.7 Å². The number of methoxy groups -OCH3 is 1. The van der Waals surface area contributed by atoms with E-state index in [1.54, 1.807) is 11.0 Å². The highest BCUT2D eigenvalue weighted by Gasteiger charge is 2.50. The third-order valence-corrected chi connectivity index (χ3v) is 11.5. The quantitative estimate of drug-likeness (QED) is 0.104. The molecule has 4 amide bonds. The second kappa shape index (κ2) is 15.4. The standard InChI is InChI=1S/C42H41ClF2N4O6/c1-23-34-32(20-29(44)37(43)36(34)35-27(39(46)51)15-17-31(54-2)38(35)45)55-42(23,25-12-6-3-7-13-25)22-47-19-8-4-5-10-24-11-9-14-26-28(24)21-49(41(26)53)30-16-18-33(50)48-40(30)52/h3,6-7,9,11-15,17,20,23,30,47H,4-5,8,10,16,18-19,21-22H2,1-2H3,(H2,46,51)(H,48,50,52)/t23-,30?,42-/m0/s1. The summed E-state index contributed by atoms with van der Waals surface area (Å²) < 4.78 is 43.5. The largest absolute Gasteiger partial charge is 0.494 e. The molecule has 1 fully saturated rings. The summed E-state index contributed by atoms with van der Waals surface area (Å²) in [6, 6.07) is 18.3. The van der Waals surface area contributed by atoms with Gasteiger partial charge in [0.15, 0.2) is 17.2 Å². The molecule has 0 saturated carbocycles. The molecule has 3 heterocycles. The Balaban J connectivity index is 1.05. The molecule has 1 saturated heterocycles. The lowest BCUT2D eigenvalue weighted by Crippen LogP contribution is -2.52. The zero-order chi connectivity index (χ0) is 39.0. The number of aryl methyl sites for hydroxylation is 1. The SMILES string of the molecule is COc1ccc(C(N)=O)c(-c2c(Cl)c(F)cc3c2[C@H](C)[C@@](CNCCCCCc2cccc4c2CN(C2CCC(=O)NC2=O)C4=O)(c2ccccc2)O3)c1F. The van der Waals surface area contributed by atoms with Crippen LogP contribution in [-0.4, -0.2) is 54.8 Å². The third kappa shape index (κ3) is 6.82. The number of benzene rings is 4. The number of imide groups is 1. The first-order valence-electron chi connectivity index (χ1n) is 18.4. The molecule has 3 atom stereocenters. The van der Waals surface area contributed by atoms with Crippen molar-refractivity contribution in [3.63, 3.8) is 0 Å². The lowest BCUT2D eigenvalue weighted by atomic mass is 9.77. The van der Waals surface area contributed by atoms with Gasteiger partial charge in [0.25, 0.3) is 5.91 Å². The van der Waals surface area contributed by atoms with Crippen LogP contribution >= 0.6 is 11.6 Å². The minimum atomic E-state index is -1.05. The van der Waals surface area contributed by atoms with Crippen LogP contribution in [0.4, 0.5) is 8.78 Å². The van der Waals surface area contributed by atoms with Crippen molar-refractivity contribution in [1.82, 2.24) is 15.5 Å². The predicted molar refractivity (Wildman–Crippen MR) is 202 cm³/mol. The van der Waals surface area contributed by atoms with Gasteiger partial charge in [-0.1, -0.05) is 67.4 Å². The zero-order valence-electron chi connectivity index (χ0n) is 30.5. The van der Waals surface area contributed by atoms with Gasteiger partial charge in [-0.15, -0.1) is 0 Å². The number of hydrogen-bond acceptors (Lipinski definition) is 7. The maximum absolute atomic E-state index is 16.1. The van der Waals surface area contributed by atoms with Crippen molar-refractivity contribution in [2.45, 2.75) is 69.6 Å². The molecule has 4 aromatic carbocycles. The van der Waals surface area contributed by atoms with Gasteiger partial charge < -0.3 is 25.4 Å². The molecule has 1 unspecified atom stereocenters. The number of hydrogen-bond donors (Lipinski definition) is 3. The molecule has 0 aliphatic carbocycles. The fourth-order valence-electron chi connectivity index (χ4n) is 8.28. The van der Waals surface area contributed by atoms with Crippen molar-refractivity contribution in [3.05, 3.63) is 117 Å². The molecule has 3 aliphatic heterocycles. The summed E-state index contributed by atoms with van der Waals surface area (Å²) in [6.45, 7) is 3.20. The van der Waals surface area contributed by atoms with Crippen molar-refractivity contribution in [2.24, 2.45) is 5.73 Å². The Bertz CT molecular complexity index is 2200. The molecular weight excluding hydrogens is 730 g/mol. The summed E-state index contributed by atoms with van der Waals surface area (Å²) >= 11 is 6.62. The first-order chi connectivity index (χ1) is 26.5. The number of rotatable bonds is 13. The second-order valence-corrected chi connectivity index (χ2v) is 14.6. The first kappa shape index (κ1) is 38.0. The monoisotopic (exact) mass is 770 g/mol. The Hall–Kier alpha value is -5.33. The number of primary amides is 1. The maximum Gasteiger partial charge on any atom is 0.255 e. The van der Waals surface area contributed by atoms with Gasteiger partial charge >= 0.3 is 0 Å². The van der Waals surface area contributed by atoms with Crippen LogP contribution in [-0.2, 0) is 28.2 Å².